The lowest BCUT2D eigenvalue weighted by molar-refractivity contribution is -0.179. The minimum atomic E-state index is -1.28. The molecule has 4 atom stereocenters. The molecule has 0 aliphatic carbocycles. The number of likely N-dealkylation sites (tertiary alicyclic amines) is 1. The predicted molar refractivity (Wildman–Crippen MR) is 142 cm³/mol. The Kier molecular flexibility index (Phi) is 8.68. The highest BCUT2D eigenvalue weighted by molar-refractivity contribution is 5.92. The number of rotatable bonds is 9. The van der Waals surface area contributed by atoms with E-state index >= 15 is 0 Å². The van der Waals surface area contributed by atoms with E-state index in [1.165, 1.54) is 13.4 Å². The number of ether oxygens (including phenoxy) is 4. The fraction of sp³-hybridized carbons (Fsp3) is 0.500. The normalized spacial score (nSPS) is 26.7. The quantitative estimate of drug-likeness (QED) is 0.437. The summed E-state index contributed by atoms with van der Waals surface area (Å²) >= 11 is 0. The van der Waals surface area contributed by atoms with Gasteiger partial charge in [0.25, 0.3) is 0 Å². The number of morpholine rings is 1. The van der Waals surface area contributed by atoms with E-state index in [-0.39, 0.29) is 37.8 Å². The van der Waals surface area contributed by atoms with Crippen molar-refractivity contribution in [1.82, 2.24) is 9.80 Å². The van der Waals surface area contributed by atoms with E-state index in [2.05, 4.69) is 0 Å². The Hall–Kier alpha value is -3.47. The third-order valence-electron chi connectivity index (χ3n) is 7.97. The average Bonchev–Trinajstić information content (AvgIpc) is 3.49. The molecule has 2 saturated heterocycles. The largest absolute Gasteiger partial charge is 0.468 e. The van der Waals surface area contributed by atoms with Crippen molar-refractivity contribution in [2.24, 2.45) is 11.3 Å². The van der Waals surface area contributed by atoms with E-state index < -0.39 is 29.5 Å². The number of benzene rings is 1. The predicted octanol–water partition coefficient (Wildman–Crippen LogP) is 2.92. The molecule has 1 aromatic heterocycles. The van der Waals surface area contributed by atoms with Gasteiger partial charge in [0.15, 0.2) is 0 Å². The molecule has 0 bridgehead atoms. The molecular formula is C30H36N2O8. The number of hydrogen-bond acceptors (Lipinski definition) is 8. The van der Waals surface area contributed by atoms with Crippen LogP contribution in [-0.2, 0) is 46.5 Å². The lowest BCUT2D eigenvalue weighted by Gasteiger charge is -2.51. The lowest BCUT2D eigenvalue weighted by Crippen LogP contribution is -2.60. The van der Waals surface area contributed by atoms with Crippen LogP contribution in [-0.4, -0.2) is 79.8 Å². The first-order chi connectivity index (χ1) is 19.4. The third-order valence-corrected chi connectivity index (χ3v) is 7.97. The highest BCUT2D eigenvalue weighted by Gasteiger charge is 2.59. The van der Waals surface area contributed by atoms with Crippen LogP contribution >= 0.6 is 0 Å². The Labute approximate surface area is 233 Å². The van der Waals surface area contributed by atoms with Crippen LogP contribution in [0.15, 0.2) is 64.9 Å². The number of esters is 1. The van der Waals surface area contributed by atoms with Gasteiger partial charge in [0.1, 0.15) is 17.3 Å². The summed E-state index contributed by atoms with van der Waals surface area (Å²) in [6, 6.07) is 13.3. The van der Waals surface area contributed by atoms with Gasteiger partial charge in [-0.15, -0.1) is 0 Å². The minimum Gasteiger partial charge on any atom is -0.468 e. The van der Waals surface area contributed by atoms with Crippen LogP contribution in [0.1, 0.15) is 31.1 Å². The second-order valence-electron chi connectivity index (χ2n) is 10.4. The molecule has 1 aromatic carbocycles. The topological polar surface area (TPSA) is 108 Å². The van der Waals surface area contributed by atoms with E-state index in [9.17, 15) is 14.4 Å². The van der Waals surface area contributed by atoms with Crippen molar-refractivity contribution >= 4 is 17.8 Å². The van der Waals surface area contributed by atoms with Crippen LogP contribution < -0.4 is 0 Å². The summed E-state index contributed by atoms with van der Waals surface area (Å²) in [5.74, 6) is -1.05. The van der Waals surface area contributed by atoms with E-state index in [1.54, 1.807) is 28.0 Å². The molecular weight excluding hydrogens is 516 g/mol. The second kappa shape index (κ2) is 12.4. The van der Waals surface area contributed by atoms with Gasteiger partial charge in [0, 0.05) is 31.1 Å². The van der Waals surface area contributed by atoms with E-state index in [0.717, 1.165) is 5.56 Å². The molecule has 0 unspecified atom stereocenters. The number of nitrogens with zero attached hydrogens (tertiary/aromatic N) is 2. The molecule has 0 radical (unpaired) electrons. The van der Waals surface area contributed by atoms with Gasteiger partial charge in [-0.3, -0.25) is 14.4 Å². The summed E-state index contributed by atoms with van der Waals surface area (Å²) in [7, 11) is 1.33. The smallest absolute Gasteiger partial charge is 0.320 e. The maximum atomic E-state index is 14.0. The molecule has 2 fully saturated rings. The van der Waals surface area contributed by atoms with Crippen molar-refractivity contribution in [3.05, 3.63) is 71.8 Å². The third kappa shape index (κ3) is 5.70. The van der Waals surface area contributed by atoms with Crippen molar-refractivity contribution in [3.8, 4) is 0 Å². The second-order valence-corrected chi connectivity index (χ2v) is 10.4. The first-order valence-corrected chi connectivity index (χ1v) is 13.7. The molecule has 4 heterocycles. The molecule has 10 nitrogen and oxygen atoms in total. The van der Waals surface area contributed by atoms with Gasteiger partial charge in [-0.25, -0.2) is 0 Å². The summed E-state index contributed by atoms with van der Waals surface area (Å²) in [5, 5.41) is 0. The molecule has 3 aliphatic heterocycles. The van der Waals surface area contributed by atoms with Crippen LogP contribution in [0.4, 0.5) is 0 Å². The summed E-state index contributed by atoms with van der Waals surface area (Å²) in [4.78, 5) is 44.1. The first-order valence-electron chi connectivity index (χ1n) is 13.7. The van der Waals surface area contributed by atoms with Crippen LogP contribution in [0.2, 0.25) is 0 Å². The van der Waals surface area contributed by atoms with Crippen LogP contribution in [0.3, 0.4) is 0 Å². The van der Waals surface area contributed by atoms with Gasteiger partial charge >= 0.3 is 5.97 Å². The van der Waals surface area contributed by atoms with Gasteiger partial charge in [-0.05, 0) is 37.1 Å². The van der Waals surface area contributed by atoms with E-state index in [1.807, 2.05) is 37.3 Å². The van der Waals surface area contributed by atoms with Gasteiger partial charge in [-0.2, -0.15) is 0 Å². The number of hydrogen-bond donors (Lipinski definition) is 0. The van der Waals surface area contributed by atoms with Gasteiger partial charge in [-0.1, -0.05) is 30.3 Å². The first kappa shape index (κ1) is 28.1. The van der Waals surface area contributed by atoms with Crippen molar-refractivity contribution in [3.63, 3.8) is 0 Å². The number of amides is 2. The van der Waals surface area contributed by atoms with E-state index in [4.69, 9.17) is 23.4 Å². The number of carbonyl (C=O) groups is 3. The fourth-order valence-electron chi connectivity index (χ4n) is 5.89. The average molecular weight is 553 g/mol. The Morgan fingerprint density at radius 2 is 1.88 bits per heavy atom. The standard InChI is InChI=1S/C30H36N2O8/c1-21-30(29(35)36-2)17-23(15-27(33)31-10-13-37-14-11-31)28(34)32(18-24-9-6-12-39-24)26(30)16-25(40-21)20-38-19-22-7-4-3-5-8-22/h3-9,12,16,21,23,25H,10-11,13-15,17-20H2,1-2H3/t21-,23+,25-,30+/m1/s1. The molecule has 10 heteroatoms. The highest BCUT2D eigenvalue weighted by Crippen LogP contribution is 2.50. The molecule has 0 spiro atoms. The monoisotopic (exact) mass is 552 g/mol. The van der Waals surface area contributed by atoms with Gasteiger partial charge in [0.2, 0.25) is 11.8 Å². The highest BCUT2D eigenvalue weighted by atomic mass is 16.6. The van der Waals surface area contributed by atoms with Crippen molar-refractivity contribution < 1.29 is 37.7 Å². The zero-order chi connectivity index (χ0) is 28.1. The number of furan rings is 1. The molecule has 2 aromatic rings. The maximum absolute atomic E-state index is 14.0. The van der Waals surface area contributed by atoms with Crippen molar-refractivity contribution in [1.29, 1.82) is 0 Å². The molecule has 3 aliphatic rings. The SMILES string of the molecule is COC(=O)[C@]12C[C@H](CC(=O)N3CCOCC3)C(=O)N(Cc3ccco3)C1=C[C@H](COCc1ccccc1)O[C@@H]2C. The molecule has 40 heavy (non-hydrogen) atoms. The lowest BCUT2D eigenvalue weighted by atomic mass is 9.66. The zero-order valence-corrected chi connectivity index (χ0v) is 23.0. The van der Waals surface area contributed by atoms with Crippen molar-refractivity contribution in [2.75, 3.05) is 40.0 Å². The molecule has 0 N–H and O–H groups in total. The molecule has 0 saturated carbocycles. The Bertz CT molecular complexity index is 1210. The number of carbonyl (C=O) groups excluding carboxylic acids is 3. The number of methoxy groups -OCH3 is 1. The minimum absolute atomic E-state index is 0.0180. The summed E-state index contributed by atoms with van der Waals surface area (Å²) < 4.78 is 28.6. The Morgan fingerprint density at radius 3 is 2.58 bits per heavy atom. The van der Waals surface area contributed by atoms with Crippen LogP contribution in [0.25, 0.3) is 0 Å². The number of fused-ring (bicyclic) bond motifs is 1. The van der Waals surface area contributed by atoms with Crippen LogP contribution in [0, 0.1) is 11.3 Å². The Balaban J connectivity index is 1.45. The van der Waals surface area contributed by atoms with Gasteiger partial charge in [0.05, 0.1) is 52.4 Å². The van der Waals surface area contributed by atoms with Crippen molar-refractivity contribution in [2.45, 2.75) is 45.1 Å². The van der Waals surface area contributed by atoms with Crippen LogP contribution in [0.5, 0.6) is 0 Å². The van der Waals surface area contributed by atoms with E-state index in [0.29, 0.717) is 44.4 Å². The number of piperidine rings is 1. The summed E-state index contributed by atoms with van der Waals surface area (Å²) in [5.41, 5.74) is 0.257. The molecule has 5 rings (SSSR count). The Morgan fingerprint density at radius 1 is 1.10 bits per heavy atom. The summed E-state index contributed by atoms with van der Waals surface area (Å²) in [6.07, 6.45) is 2.29. The van der Waals surface area contributed by atoms with Gasteiger partial charge < -0.3 is 33.2 Å². The summed E-state index contributed by atoms with van der Waals surface area (Å²) in [6.45, 7) is 4.46. The zero-order valence-electron chi connectivity index (χ0n) is 23.0. The maximum Gasteiger partial charge on any atom is 0.320 e. The molecule has 2 amide bonds. The molecule has 214 valence electrons. The fourth-order valence-corrected chi connectivity index (χ4v) is 5.89.